The van der Waals surface area contributed by atoms with Crippen LogP contribution in [0.15, 0.2) is 12.5 Å². The van der Waals surface area contributed by atoms with Crippen LogP contribution in [-0.2, 0) is 4.74 Å². The van der Waals surface area contributed by atoms with E-state index in [4.69, 9.17) is 4.74 Å². The topological polar surface area (TPSA) is 39.1 Å². The molecule has 3 rings (SSSR count). The molecule has 1 atom stereocenters. The molecule has 1 aliphatic carbocycles. The smallest absolute Gasteiger partial charge is 0.0951 e. The van der Waals surface area contributed by atoms with E-state index in [1.165, 1.54) is 25.0 Å². The minimum absolute atomic E-state index is 0.453. The lowest BCUT2D eigenvalue weighted by atomic mass is 9.88. The van der Waals surface area contributed by atoms with Gasteiger partial charge in [-0.2, -0.15) is 0 Å². The Hall–Kier alpha value is -0.870. The standard InChI is InChI=1S/C13H21N3O/c1-17-11-6-10(7-11)16-9-14-8-13(16)12-4-2-3-5-15-12/h8-12,15H,2-7H2,1H3. The van der Waals surface area contributed by atoms with Crippen LogP contribution in [0.4, 0.5) is 0 Å². The van der Waals surface area contributed by atoms with Crippen LogP contribution >= 0.6 is 0 Å². The quantitative estimate of drug-likeness (QED) is 0.871. The van der Waals surface area contributed by atoms with E-state index in [1.54, 1.807) is 7.11 Å². The molecule has 17 heavy (non-hydrogen) atoms. The average molecular weight is 235 g/mol. The first-order valence-electron chi connectivity index (χ1n) is 6.66. The van der Waals surface area contributed by atoms with E-state index < -0.39 is 0 Å². The summed E-state index contributed by atoms with van der Waals surface area (Å²) in [5, 5.41) is 3.60. The van der Waals surface area contributed by atoms with Gasteiger partial charge in [0.1, 0.15) is 0 Å². The molecule has 94 valence electrons. The summed E-state index contributed by atoms with van der Waals surface area (Å²) in [5.41, 5.74) is 1.37. The van der Waals surface area contributed by atoms with Crippen molar-refractivity contribution in [3.63, 3.8) is 0 Å². The normalized spacial score (nSPS) is 33.4. The van der Waals surface area contributed by atoms with Crippen molar-refractivity contribution in [1.82, 2.24) is 14.9 Å². The van der Waals surface area contributed by atoms with Gasteiger partial charge in [0.05, 0.1) is 18.1 Å². The third-order valence-electron chi connectivity index (χ3n) is 4.16. The van der Waals surface area contributed by atoms with E-state index in [-0.39, 0.29) is 0 Å². The van der Waals surface area contributed by atoms with E-state index >= 15 is 0 Å². The van der Waals surface area contributed by atoms with Crippen molar-refractivity contribution in [2.24, 2.45) is 0 Å². The summed E-state index contributed by atoms with van der Waals surface area (Å²) in [7, 11) is 1.80. The zero-order valence-electron chi connectivity index (χ0n) is 10.4. The number of imidazole rings is 1. The first-order valence-corrected chi connectivity index (χ1v) is 6.66. The Morgan fingerprint density at radius 2 is 2.29 bits per heavy atom. The summed E-state index contributed by atoms with van der Waals surface area (Å²) in [6, 6.07) is 1.11. The van der Waals surface area contributed by atoms with Gasteiger partial charge < -0.3 is 14.6 Å². The Bertz CT molecular complexity index is 364. The second kappa shape index (κ2) is 4.78. The number of nitrogens with zero attached hydrogens (tertiary/aromatic N) is 2. The highest BCUT2D eigenvalue weighted by molar-refractivity contribution is 5.09. The van der Waals surface area contributed by atoms with E-state index in [2.05, 4.69) is 14.9 Å². The van der Waals surface area contributed by atoms with Gasteiger partial charge in [0.25, 0.3) is 0 Å². The number of aromatic nitrogens is 2. The summed E-state index contributed by atoms with van der Waals surface area (Å²) >= 11 is 0. The molecule has 2 heterocycles. The van der Waals surface area contributed by atoms with Crippen molar-refractivity contribution in [2.45, 2.75) is 50.3 Å². The van der Waals surface area contributed by atoms with Gasteiger partial charge in [0, 0.05) is 25.4 Å². The minimum atomic E-state index is 0.453. The second-order valence-electron chi connectivity index (χ2n) is 5.21. The van der Waals surface area contributed by atoms with E-state index in [0.29, 0.717) is 18.2 Å². The molecule has 0 amide bonds. The number of hydrogen-bond acceptors (Lipinski definition) is 3. The number of piperidine rings is 1. The summed E-state index contributed by atoms with van der Waals surface area (Å²) in [5.74, 6) is 0. The molecule has 1 aliphatic heterocycles. The molecule has 2 fully saturated rings. The molecule has 4 nitrogen and oxygen atoms in total. The van der Waals surface area contributed by atoms with Crippen LogP contribution in [0.3, 0.4) is 0 Å². The van der Waals surface area contributed by atoms with Crippen LogP contribution in [0.5, 0.6) is 0 Å². The fraction of sp³-hybridized carbons (Fsp3) is 0.769. The molecule has 0 radical (unpaired) electrons. The van der Waals surface area contributed by atoms with Crippen molar-refractivity contribution < 1.29 is 4.74 Å². The zero-order valence-corrected chi connectivity index (χ0v) is 10.4. The highest BCUT2D eigenvalue weighted by atomic mass is 16.5. The van der Waals surface area contributed by atoms with E-state index in [1.807, 2.05) is 12.5 Å². The SMILES string of the molecule is COC1CC(n2cncc2C2CCCCN2)C1. The molecule has 1 unspecified atom stereocenters. The monoisotopic (exact) mass is 235 g/mol. The third kappa shape index (κ3) is 2.11. The summed E-state index contributed by atoms with van der Waals surface area (Å²) in [6.07, 6.45) is 10.6. The number of hydrogen-bond donors (Lipinski definition) is 1. The second-order valence-corrected chi connectivity index (χ2v) is 5.21. The van der Waals surface area contributed by atoms with Crippen LogP contribution in [0.1, 0.15) is 49.9 Å². The average Bonchev–Trinajstić information content (AvgIpc) is 2.78. The maximum Gasteiger partial charge on any atom is 0.0951 e. The van der Waals surface area contributed by atoms with Crippen molar-refractivity contribution in [2.75, 3.05) is 13.7 Å². The van der Waals surface area contributed by atoms with Crippen molar-refractivity contribution in [3.8, 4) is 0 Å². The number of nitrogens with one attached hydrogen (secondary N) is 1. The lowest BCUT2D eigenvalue weighted by Gasteiger charge is -2.37. The van der Waals surface area contributed by atoms with Crippen LogP contribution in [-0.4, -0.2) is 29.3 Å². The molecule has 1 saturated carbocycles. The van der Waals surface area contributed by atoms with Gasteiger partial charge in [-0.15, -0.1) is 0 Å². The van der Waals surface area contributed by atoms with Crippen LogP contribution in [0.25, 0.3) is 0 Å². The number of methoxy groups -OCH3 is 1. The van der Waals surface area contributed by atoms with E-state index in [9.17, 15) is 0 Å². The maximum atomic E-state index is 5.35. The molecule has 1 aromatic heterocycles. The Morgan fingerprint density at radius 1 is 1.41 bits per heavy atom. The predicted octanol–water partition coefficient (Wildman–Crippen LogP) is 2.05. The zero-order chi connectivity index (χ0) is 11.7. The lowest BCUT2D eigenvalue weighted by molar-refractivity contribution is 0.00491. The van der Waals surface area contributed by atoms with Crippen LogP contribution in [0.2, 0.25) is 0 Å². The van der Waals surface area contributed by atoms with Gasteiger partial charge in [0.2, 0.25) is 0 Å². The van der Waals surface area contributed by atoms with Gasteiger partial charge in [-0.1, -0.05) is 6.42 Å². The van der Waals surface area contributed by atoms with Gasteiger partial charge >= 0.3 is 0 Å². The Labute approximate surface area is 102 Å². The van der Waals surface area contributed by atoms with Gasteiger partial charge in [-0.25, -0.2) is 4.98 Å². The van der Waals surface area contributed by atoms with Gasteiger partial charge in [-0.05, 0) is 32.2 Å². The molecule has 1 saturated heterocycles. The Kier molecular flexibility index (Phi) is 3.16. The van der Waals surface area contributed by atoms with Crippen LogP contribution < -0.4 is 5.32 Å². The van der Waals surface area contributed by atoms with Gasteiger partial charge in [-0.3, -0.25) is 0 Å². The minimum Gasteiger partial charge on any atom is -0.381 e. The largest absolute Gasteiger partial charge is 0.381 e. The fourth-order valence-corrected chi connectivity index (χ4v) is 2.95. The Balaban J connectivity index is 1.71. The molecule has 0 aromatic carbocycles. The number of ether oxygens (including phenoxy) is 1. The summed E-state index contributed by atoms with van der Waals surface area (Å²) in [6.45, 7) is 1.14. The first-order chi connectivity index (χ1) is 8.38. The molecular formula is C13H21N3O. The summed E-state index contributed by atoms with van der Waals surface area (Å²) < 4.78 is 7.71. The highest BCUT2D eigenvalue weighted by Crippen LogP contribution is 2.36. The van der Waals surface area contributed by atoms with Crippen LogP contribution in [0, 0.1) is 0 Å². The molecule has 0 spiro atoms. The third-order valence-corrected chi connectivity index (χ3v) is 4.16. The molecular weight excluding hydrogens is 214 g/mol. The molecule has 4 heteroatoms. The van der Waals surface area contributed by atoms with Crippen molar-refractivity contribution in [3.05, 3.63) is 18.2 Å². The van der Waals surface area contributed by atoms with E-state index in [0.717, 1.165) is 19.4 Å². The first kappa shape index (κ1) is 11.2. The predicted molar refractivity (Wildman–Crippen MR) is 65.9 cm³/mol. The summed E-state index contributed by atoms with van der Waals surface area (Å²) in [4.78, 5) is 4.33. The molecule has 0 bridgehead atoms. The fourth-order valence-electron chi connectivity index (χ4n) is 2.95. The van der Waals surface area contributed by atoms with Crippen molar-refractivity contribution >= 4 is 0 Å². The molecule has 1 N–H and O–H groups in total. The Morgan fingerprint density at radius 3 is 3.00 bits per heavy atom. The molecule has 1 aromatic rings. The molecule has 2 aliphatic rings. The van der Waals surface area contributed by atoms with Gasteiger partial charge in [0.15, 0.2) is 0 Å². The van der Waals surface area contributed by atoms with Crippen molar-refractivity contribution in [1.29, 1.82) is 0 Å². The lowest BCUT2D eigenvalue weighted by Crippen LogP contribution is -2.35. The maximum absolute atomic E-state index is 5.35. The highest BCUT2D eigenvalue weighted by Gasteiger charge is 2.32. The number of rotatable bonds is 3.